The number of halogens is 3. The van der Waals surface area contributed by atoms with Crippen molar-refractivity contribution in [1.82, 2.24) is 10.6 Å². The third-order valence-electron chi connectivity index (χ3n) is 3.32. The van der Waals surface area contributed by atoms with E-state index in [0.717, 1.165) is 5.76 Å². The first kappa shape index (κ1) is 17.6. The van der Waals surface area contributed by atoms with Crippen LogP contribution in [0.2, 0.25) is 10.0 Å². The largest absolute Gasteiger partial charge is 0.469 e. The Kier molecular flexibility index (Phi) is 5.91. The molecule has 1 aromatic carbocycles. The van der Waals surface area contributed by atoms with Crippen LogP contribution in [-0.2, 0) is 6.42 Å². The van der Waals surface area contributed by atoms with Gasteiger partial charge in [0.2, 0.25) is 0 Å². The molecule has 124 valence electrons. The Labute approximate surface area is 144 Å². The molecule has 0 radical (unpaired) electrons. The van der Waals surface area contributed by atoms with Gasteiger partial charge in [0.1, 0.15) is 11.6 Å². The number of carbonyl (C=O) groups is 1. The third-order valence-corrected chi connectivity index (χ3v) is 3.94. The van der Waals surface area contributed by atoms with Crippen LogP contribution in [0, 0.1) is 5.82 Å². The van der Waals surface area contributed by atoms with Crippen LogP contribution in [0.5, 0.6) is 0 Å². The van der Waals surface area contributed by atoms with Gasteiger partial charge in [-0.1, -0.05) is 23.2 Å². The van der Waals surface area contributed by atoms with Gasteiger partial charge in [0.25, 0.3) is 0 Å². The lowest BCUT2D eigenvalue weighted by Gasteiger charge is -2.19. The highest BCUT2D eigenvalue weighted by molar-refractivity contribution is 6.35. The number of nitrogens with one attached hydrogen (secondary N) is 2. The molecule has 0 bridgehead atoms. The fourth-order valence-corrected chi connectivity index (χ4v) is 2.74. The number of carbonyl (C=O) groups excluding carboxylic acids is 1. The summed E-state index contributed by atoms with van der Waals surface area (Å²) in [6.07, 6.45) is 2.16. The topological polar surface area (TPSA) is 54.3 Å². The van der Waals surface area contributed by atoms with Gasteiger partial charge in [0.05, 0.1) is 17.3 Å². The first-order valence-corrected chi connectivity index (χ1v) is 7.86. The second-order valence-electron chi connectivity index (χ2n) is 5.31. The highest BCUT2D eigenvalue weighted by atomic mass is 35.5. The minimum Gasteiger partial charge on any atom is -0.469 e. The van der Waals surface area contributed by atoms with E-state index in [0.29, 0.717) is 17.0 Å². The monoisotopic (exact) mass is 358 g/mol. The smallest absolute Gasteiger partial charge is 0.315 e. The zero-order chi connectivity index (χ0) is 17.0. The molecule has 0 aliphatic carbocycles. The quantitative estimate of drug-likeness (QED) is 0.760. The Morgan fingerprint density at radius 3 is 2.65 bits per heavy atom. The van der Waals surface area contributed by atoms with E-state index in [2.05, 4.69) is 10.6 Å². The van der Waals surface area contributed by atoms with Gasteiger partial charge < -0.3 is 15.1 Å². The predicted octanol–water partition coefficient (Wildman–Crippen LogP) is 4.72. The number of furan rings is 1. The Hall–Kier alpha value is -1.72. The van der Waals surface area contributed by atoms with Crippen LogP contribution in [0.15, 0.2) is 34.9 Å². The zero-order valence-corrected chi connectivity index (χ0v) is 14.2. The van der Waals surface area contributed by atoms with Crippen molar-refractivity contribution in [3.63, 3.8) is 0 Å². The van der Waals surface area contributed by atoms with Gasteiger partial charge in [-0.2, -0.15) is 0 Å². The standard InChI is InChI=1S/C16H17Cl2FN2O2/c1-9(6-11-4-3-5-23-11)20-16(22)21-10(2)12-7-15(19)14(18)8-13(12)17/h3-5,7-10H,6H2,1-2H3,(H2,20,21,22). The van der Waals surface area contributed by atoms with Crippen LogP contribution < -0.4 is 10.6 Å². The zero-order valence-electron chi connectivity index (χ0n) is 12.7. The molecule has 2 amide bonds. The fraction of sp³-hybridized carbons (Fsp3) is 0.312. The number of benzene rings is 1. The minimum atomic E-state index is -0.577. The van der Waals surface area contributed by atoms with Gasteiger partial charge in [-0.15, -0.1) is 0 Å². The predicted molar refractivity (Wildman–Crippen MR) is 88.4 cm³/mol. The molecular weight excluding hydrogens is 342 g/mol. The summed E-state index contributed by atoms with van der Waals surface area (Å²) in [4.78, 5) is 12.0. The highest BCUT2D eigenvalue weighted by Gasteiger charge is 2.17. The minimum absolute atomic E-state index is 0.0533. The molecule has 0 saturated heterocycles. The van der Waals surface area contributed by atoms with Crippen LogP contribution in [0.3, 0.4) is 0 Å². The molecule has 1 aromatic heterocycles. The fourth-order valence-electron chi connectivity index (χ4n) is 2.19. The van der Waals surface area contributed by atoms with Crippen LogP contribution in [-0.4, -0.2) is 12.1 Å². The first-order valence-electron chi connectivity index (χ1n) is 7.10. The molecule has 1 heterocycles. The van der Waals surface area contributed by atoms with Gasteiger partial charge in [0, 0.05) is 17.5 Å². The number of hydrogen-bond acceptors (Lipinski definition) is 2. The average Bonchev–Trinajstić information content (AvgIpc) is 2.95. The maximum Gasteiger partial charge on any atom is 0.315 e. The van der Waals surface area contributed by atoms with E-state index in [1.165, 1.54) is 12.1 Å². The highest BCUT2D eigenvalue weighted by Crippen LogP contribution is 2.28. The third kappa shape index (κ3) is 4.88. The van der Waals surface area contributed by atoms with E-state index in [-0.39, 0.29) is 17.1 Å². The van der Waals surface area contributed by atoms with E-state index in [1.807, 2.05) is 13.0 Å². The summed E-state index contributed by atoms with van der Waals surface area (Å²) in [7, 11) is 0. The van der Waals surface area contributed by atoms with Crippen molar-refractivity contribution in [3.05, 3.63) is 57.7 Å². The van der Waals surface area contributed by atoms with Crippen molar-refractivity contribution < 1.29 is 13.6 Å². The number of urea groups is 1. The molecule has 7 heteroatoms. The van der Waals surface area contributed by atoms with Crippen molar-refractivity contribution in [2.24, 2.45) is 0 Å². The molecular formula is C16H17Cl2FN2O2. The Morgan fingerprint density at radius 1 is 1.26 bits per heavy atom. The number of amides is 2. The average molecular weight is 359 g/mol. The Morgan fingerprint density at radius 2 is 2.00 bits per heavy atom. The molecule has 2 unspecified atom stereocenters. The summed E-state index contributed by atoms with van der Waals surface area (Å²) < 4.78 is 18.8. The van der Waals surface area contributed by atoms with Crippen molar-refractivity contribution >= 4 is 29.2 Å². The molecule has 2 N–H and O–H groups in total. The Bertz CT molecular complexity index is 677. The van der Waals surface area contributed by atoms with E-state index in [9.17, 15) is 9.18 Å². The van der Waals surface area contributed by atoms with Crippen molar-refractivity contribution in [3.8, 4) is 0 Å². The SMILES string of the molecule is CC(Cc1ccco1)NC(=O)NC(C)c1cc(F)c(Cl)cc1Cl. The molecule has 0 aliphatic rings. The summed E-state index contributed by atoms with van der Waals surface area (Å²) in [5, 5.41) is 5.76. The maximum atomic E-state index is 13.5. The van der Waals surface area contributed by atoms with Crippen LogP contribution in [0.1, 0.15) is 31.2 Å². The van der Waals surface area contributed by atoms with Crippen molar-refractivity contribution in [1.29, 1.82) is 0 Å². The van der Waals surface area contributed by atoms with Crippen molar-refractivity contribution in [2.45, 2.75) is 32.4 Å². The van der Waals surface area contributed by atoms with Gasteiger partial charge >= 0.3 is 6.03 Å². The van der Waals surface area contributed by atoms with E-state index >= 15 is 0 Å². The molecule has 23 heavy (non-hydrogen) atoms. The number of rotatable bonds is 5. The summed E-state index contributed by atoms with van der Waals surface area (Å²) in [5.41, 5.74) is 0.461. The second kappa shape index (κ2) is 7.70. The van der Waals surface area contributed by atoms with E-state index in [1.54, 1.807) is 19.3 Å². The molecule has 0 fully saturated rings. The van der Waals surface area contributed by atoms with E-state index < -0.39 is 11.9 Å². The number of hydrogen-bond donors (Lipinski definition) is 2. The molecule has 2 rings (SSSR count). The lowest BCUT2D eigenvalue weighted by atomic mass is 10.1. The molecule has 0 saturated carbocycles. The summed E-state index contributed by atoms with van der Waals surface area (Å²) >= 11 is 11.7. The van der Waals surface area contributed by atoms with Gasteiger partial charge in [-0.25, -0.2) is 9.18 Å². The summed E-state index contributed by atoms with van der Waals surface area (Å²) in [6.45, 7) is 3.58. The summed E-state index contributed by atoms with van der Waals surface area (Å²) in [6, 6.07) is 5.22. The summed E-state index contributed by atoms with van der Waals surface area (Å²) in [5.74, 6) is 0.208. The molecule has 0 aliphatic heterocycles. The van der Waals surface area contributed by atoms with Gasteiger partial charge in [0.15, 0.2) is 0 Å². The van der Waals surface area contributed by atoms with Gasteiger partial charge in [-0.3, -0.25) is 0 Å². The van der Waals surface area contributed by atoms with Crippen LogP contribution in [0.4, 0.5) is 9.18 Å². The lowest BCUT2D eigenvalue weighted by Crippen LogP contribution is -2.42. The molecule has 4 nitrogen and oxygen atoms in total. The van der Waals surface area contributed by atoms with E-state index in [4.69, 9.17) is 27.6 Å². The van der Waals surface area contributed by atoms with Crippen molar-refractivity contribution in [2.75, 3.05) is 0 Å². The molecule has 0 spiro atoms. The first-order chi connectivity index (χ1) is 10.9. The maximum absolute atomic E-state index is 13.5. The van der Waals surface area contributed by atoms with Crippen LogP contribution in [0.25, 0.3) is 0 Å². The molecule has 2 atom stereocenters. The second-order valence-corrected chi connectivity index (χ2v) is 6.13. The normalized spacial score (nSPS) is 13.4. The lowest BCUT2D eigenvalue weighted by molar-refractivity contribution is 0.234. The molecule has 2 aromatic rings. The Balaban J connectivity index is 1.93. The van der Waals surface area contributed by atoms with Gasteiger partial charge in [-0.05, 0) is 43.7 Å². The van der Waals surface area contributed by atoms with Crippen LogP contribution >= 0.6 is 23.2 Å².